The molecule has 0 saturated carbocycles. The van der Waals surface area contributed by atoms with E-state index in [9.17, 15) is 4.57 Å². The van der Waals surface area contributed by atoms with E-state index in [1.54, 1.807) is 31.4 Å². The zero-order valence-corrected chi connectivity index (χ0v) is 8.74. The maximum atomic E-state index is 11.1. The topological polar surface area (TPSA) is 26.3 Å². The molecular formula is C7H7Cl2O2P. The first-order chi connectivity index (χ1) is 5.54. The van der Waals surface area contributed by atoms with Crippen molar-refractivity contribution in [2.75, 3.05) is 7.11 Å². The van der Waals surface area contributed by atoms with Gasteiger partial charge in [-0.1, -0.05) is 0 Å². The van der Waals surface area contributed by atoms with Crippen LogP contribution in [0.4, 0.5) is 0 Å². The number of methoxy groups -OCH3 is 1. The summed E-state index contributed by atoms with van der Waals surface area (Å²) in [7, 11) is 1.55. The van der Waals surface area contributed by atoms with Gasteiger partial charge in [0.2, 0.25) is 0 Å². The van der Waals surface area contributed by atoms with Gasteiger partial charge >= 0.3 is 0 Å². The van der Waals surface area contributed by atoms with Crippen molar-refractivity contribution in [1.82, 2.24) is 0 Å². The van der Waals surface area contributed by atoms with Crippen LogP contribution in [0.15, 0.2) is 24.3 Å². The lowest BCUT2D eigenvalue weighted by Gasteiger charge is -2.02. The van der Waals surface area contributed by atoms with Crippen LogP contribution in [0.3, 0.4) is 0 Å². The molecule has 1 aromatic carbocycles. The molecule has 0 spiro atoms. The SMILES string of the molecule is COc1ccc(P(=O)(Cl)Cl)cc1. The Morgan fingerprint density at radius 2 is 1.75 bits per heavy atom. The van der Waals surface area contributed by atoms with E-state index in [1.807, 2.05) is 0 Å². The highest BCUT2D eigenvalue weighted by Gasteiger charge is 2.16. The first kappa shape index (κ1) is 9.91. The van der Waals surface area contributed by atoms with Crippen molar-refractivity contribution >= 4 is 33.6 Å². The van der Waals surface area contributed by atoms with Crippen molar-refractivity contribution in [2.45, 2.75) is 0 Å². The highest BCUT2D eigenvalue weighted by atomic mass is 35.9. The van der Waals surface area contributed by atoms with Crippen molar-refractivity contribution in [3.8, 4) is 5.75 Å². The van der Waals surface area contributed by atoms with Gasteiger partial charge in [-0.25, -0.2) is 0 Å². The largest absolute Gasteiger partial charge is 0.497 e. The standard InChI is InChI=1S/C7H7Cl2O2P/c1-11-6-2-4-7(5-3-6)12(8,9)10/h2-5H,1H3. The van der Waals surface area contributed by atoms with Gasteiger partial charge in [0.1, 0.15) is 5.75 Å². The number of halogens is 2. The van der Waals surface area contributed by atoms with Crippen molar-refractivity contribution in [3.05, 3.63) is 24.3 Å². The number of hydrogen-bond acceptors (Lipinski definition) is 2. The van der Waals surface area contributed by atoms with Crippen LogP contribution in [0.5, 0.6) is 5.75 Å². The molecule has 0 fully saturated rings. The summed E-state index contributed by atoms with van der Waals surface area (Å²) < 4.78 is 16.0. The quantitative estimate of drug-likeness (QED) is 0.723. The molecular weight excluding hydrogens is 218 g/mol. The van der Waals surface area contributed by atoms with E-state index in [2.05, 4.69) is 0 Å². The summed E-state index contributed by atoms with van der Waals surface area (Å²) in [6.07, 6.45) is 0. The Balaban J connectivity index is 3.01. The zero-order chi connectivity index (χ0) is 9.19. The van der Waals surface area contributed by atoms with E-state index in [4.69, 9.17) is 27.2 Å². The monoisotopic (exact) mass is 224 g/mol. The molecule has 0 amide bonds. The second-order valence-electron chi connectivity index (χ2n) is 2.16. The van der Waals surface area contributed by atoms with E-state index < -0.39 is 5.85 Å². The van der Waals surface area contributed by atoms with Gasteiger partial charge in [-0.05, 0) is 46.7 Å². The maximum absolute atomic E-state index is 11.1. The minimum Gasteiger partial charge on any atom is -0.497 e. The van der Waals surface area contributed by atoms with E-state index in [0.29, 0.717) is 11.1 Å². The fourth-order valence-electron chi connectivity index (χ4n) is 0.756. The Labute approximate surface area is 80.4 Å². The van der Waals surface area contributed by atoms with Crippen molar-refractivity contribution in [2.24, 2.45) is 0 Å². The Morgan fingerprint density at radius 1 is 1.25 bits per heavy atom. The minimum absolute atomic E-state index is 0.423. The Bertz CT molecular complexity index is 304. The van der Waals surface area contributed by atoms with Crippen molar-refractivity contribution < 1.29 is 9.30 Å². The molecule has 2 nitrogen and oxygen atoms in total. The van der Waals surface area contributed by atoms with Crippen molar-refractivity contribution in [1.29, 1.82) is 0 Å². The van der Waals surface area contributed by atoms with E-state index >= 15 is 0 Å². The third-order valence-electron chi connectivity index (χ3n) is 1.37. The first-order valence-electron chi connectivity index (χ1n) is 3.18. The predicted octanol–water partition coefficient (Wildman–Crippen LogP) is 2.99. The summed E-state index contributed by atoms with van der Waals surface area (Å²) >= 11 is 10.9. The summed E-state index contributed by atoms with van der Waals surface area (Å²) in [5, 5.41) is 0.423. The Kier molecular flexibility index (Phi) is 3.05. The van der Waals surface area contributed by atoms with Gasteiger partial charge < -0.3 is 4.74 Å². The van der Waals surface area contributed by atoms with Crippen LogP contribution in [0.25, 0.3) is 0 Å². The van der Waals surface area contributed by atoms with E-state index in [0.717, 1.165) is 0 Å². The summed E-state index contributed by atoms with van der Waals surface area (Å²) in [5.41, 5.74) is 0. The Morgan fingerprint density at radius 3 is 2.08 bits per heavy atom. The average molecular weight is 225 g/mol. The lowest BCUT2D eigenvalue weighted by Crippen LogP contribution is -1.96. The normalized spacial score (nSPS) is 11.2. The summed E-state index contributed by atoms with van der Waals surface area (Å²) in [5.74, 6) is -2.48. The van der Waals surface area contributed by atoms with Gasteiger partial charge in [-0.15, -0.1) is 0 Å². The third-order valence-corrected chi connectivity index (χ3v) is 3.44. The van der Waals surface area contributed by atoms with Crippen LogP contribution in [0.2, 0.25) is 0 Å². The molecule has 0 aliphatic heterocycles. The average Bonchev–Trinajstić information content (AvgIpc) is 2.03. The highest BCUT2D eigenvalue weighted by molar-refractivity contribution is 8.13. The molecule has 0 aliphatic carbocycles. The maximum Gasteiger partial charge on any atom is 0.281 e. The molecule has 0 atom stereocenters. The van der Waals surface area contributed by atoms with Gasteiger partial charge in [0.05, 0.1) is 7.11 Å². The Hall–Kier alpha value is -0.170. The summed E-state index contributed by atoms with van der Waals surface area (Å²) in [6, 6.07) is 6.48. The summed E-state index contributed by atoms with van der Waals surface area (Å²) in [6.45, 7) is 0. The minimum atomic E-state index is -3.16. The van der Waals surface area contributed by atoms with Gasteiger partial charge in [-0.3, -0.25) is 4.57 Å². The third kappa shape index (κ3) is 2.41. The molecule has 5 heteroatoms. The molecule has 66 valence electrons. The van der Waals surface area contributed by atoms with Crippen LogP contribution < -0.4 is 10.0 Å². The smallest absolute Gasteiger partial charge is 0.281 e. The molecule has 0 radical (unpaired) electrons. The molecule has 0 aliphatic rings. The predicted molar refractivity (Wildman–Crippen MR) is 51.9 cm³/mol. The van der Waals surface area contributed by atoms with Crippen LogP contribution in [0.1, 0.15) is 0 Å². The molecule has 0 saturated heterocycles. The second kappa shape index (κ2) is 3.69. The molecule has 0 heterocycles. The molecule has 1 aromatic rings. The van der Waals surface area contributed by atoms with Crippen LogP contribution >= 0.6 is 28.3 Å². The molecule has 0 unspecified atom stereocenters. The van der Waals surface area contributed by atoms with Crippen LogP contribution in [-0.4, -0.2) is 7.11 Å². The zero-order valence-electron chi connectivity index (χ0n) is 6.33. The molecule has 1 rings (SSSR count). The summed E-state index contributed by atoms with van der Waals surface area (Å²) in [4.78, 5) is 0. The van der Waals surface area contributed by atoms with Crippen molar-refractivity contribution in [3.63, 3.8) is 0 Å². The number of ether oxygens (including phenoxy) is 1. The number of rotatable bonds is 2. The van der Waals surface area contributed by atoms with Gasteiger partial charge in [0.15, 0.2) is 0 Å². The van der Waals surface area contributed by atoms with Gasteiger partial charge in [0, 0.05) is 5.30 Å². The van der Waals surface area contributed by atoms with E-state index in [1.165, 1.54) is 0 Å². The number of hydrogen-bond donors (Lipinski definition) is 0. The highest BCUT2D eigenvalue weighted by Crippen LogP contribution is 2.55. The van der Waals surface area contributed by atoms with Crippen LogP contribution in [0, 0.1) is 0 Å². The fourth-order valence-corrected chi connectivity index (χ4v) is 1.93. The lowest BCUT2D eigenvalue weighted by atomic mass is 10.3. The lowest BCUT2D eigenvalue weighted by molar-refractivity contribution is 0.415. The number of benzene rings is 1. The van der Waals surface area contributed by atoms with Gasteiger partial charge in [0.25, 0.3) is 5.85 Å². The van der Waals surface area contributed by atoms with E-state index in [-0.39, 0.29) is 0 Å². The molecule has 0 N–H and O–H groups in total. The fraction of sp³-hybridized carbons (Fsp3) is 0.143. The van der Waals surface area contributed by atoms with Gasteiger partial charge in [-0.2, -0.15) is 0 Å². The molecule has 0 aromatic heterocycles. The molecule has 0 bridgehead atoms. The molecule has 12 heavy (non-hydrogen) atoms. The first-order valence-corrected chi connectivity index (χ1v) is 6.69. The second-order valence-corrected chi connectivity index (χ2v) is 6.98. The van der Waals surface area contributed by atoms with Crippen LogP contribution in [-0.2, 0) is 4.57 Å².